The molecule has 0 unspecified atom stereocenters. The summed E-state index contributed by atoms with van der Waals surface area (Å²) in [6.07, 6.45) is 5.07. The van der Waals surface area contributed by atoms with Gasteiger partial charge in [0.2, 0.25) is 0 Å². The Morgan fingerprint density at radius 2 is 2.38 bits per heavy atom. The predicted molar refractivity (Wildman–Crippen MR) is 65.6 cm³/mol. The summed E-state index contributed by atoms with van der Waals surface area (Å²) < 4.78 is 0. The predicted octanol–water partition coefficient (Wildman–Crippen LogP) is 2.41. The number of nitrogens with zero attached hydrogens (tertiary/aromatic N) is 2. The summed E-state index contributed by atoms with van der Waals surface area (Å²) >= 11 is 4.04. The Morgan fingerprint density at radius 3 is 3.06 bits per heavy atom. The van der Waals surface area contributed by atoms with E-state index in [4.69, 9.17) is 0 Å². The third-order valence-electron chi connectivity index (χ3n) is 2.17. The number of hydrogen-bond donors (Lipinski definition) is 2. The molecule has 1 aromatic carbocycles. The van der Waals surface area contributed by atoms with Crippen LogP contribution in [0.3, 0.4) is 0 Å². The van der Waals surface area contributed by atoms with Crippen molar-refractivity contribution in [2.45, 2.75) is 0 Å². The molecule has 82 valence electrons. The van der Waals surface area contributed by atoms with E-state index in [1.807, 2.05) is 12.1 Å². The van der Waals surface area contributed by atoms with Gasteiger partial charge in [-0.3, -0.25) is 15.2 Å². The first kappa shape index (κ1) is 10.7. The van der Waals surface area contributed by atoms with Crippen molar-refractivity contribution in [3.8, 4) is 0 Å². The average molecular weight is 235 g/mol. The molecule has 0 aliphatic carbocycles. The molecule has 0 aliphatic rings. The quantitative estimate of drug-likeness (QED) is 0.487. The van der Waals surface area contributed by atoms with Crippen LogP contribution in [0.25, 0.3) is 17.0 Å². The molecule has 6 heteroatoms. The number of thiol groups is 1. The van der Waals surface area contributed by atoms with Crippen LogP contribution in [0, 0.1) is 10.1 Å². The molecular weight excluding hydrogens is 226 g/mol. The molecule has 0 aliphatic heterocycles. The summed E-state index contributed by atoms with van der Waals surface area (Å²) in [6.45, 7) is 0. The van der Waals surface area contributed by atoms with E-state index in [2.05, 4.69) is 22.8 Å². The maximum Gasteiger partial charge on any atom is 0.280 e. The van der Waals surface area contributed by atoms with Crippen molar-refractivity contribution in [2.24, 2.45) is 0 Å². The molecule has 0 bridgehead atoms. The summed E-state index contributed by atoms with van der Waals surface area (Å²) in [5.74, 6) is 0.592. The van der Waals surface area contributed by atoms with E-state index in [0.717, 1.165) is 5.56 Å². The van der Waals surface area contributed by atoms with Crippen LogP contribution in [0.4, 0.5) is 5.69 Å². The number of H-pyrrole nitrogens is 1. The highest BCUT2D eigenvalue weighted by atomic mass is 32.1. The van der Waals surface area contributed by atoms with Crippen LogP contribution >= 0.6 is 12.6 Å². The minimum absolute atomic E-state index is 0.0602. The maximum atomic E-state index is 10.9. The van der Waals surface area contributed by atoms with Gasteiger partial charge in [-0.2, -0.15) is 17.7 Å². The zero-order valence-corrected chi connectivity index (χ0v) is 9.15. The summed E-state index contributed by atoms with van der Waals surface area (Å²) in [6, 6.07) is 3.34. The minimum Gasteiger partial charge on any atom is -0.278 e. The molecule has 0 spiro atoms. The van der Waals surface area contributed by atoms with Gasteiger partial charge in [0.1, 0.15) is 0 Å². The van der Waals surface area contributed by atoms with Gasteiger partial charge in [-0.25, -0.2) is 0 Å². The Balaban J connectivity index is 2.61. The number of rotatable bonds is 3. The molecule has 1 heterocycles. The second kappa shape index (κ2) is 4.36. The number of aromatic amines is 1. The van der Waals surface area contributed by atoms with Gasteiger partial charge >= 0.3 is 0 Å². The maximum absolute atomic E-state index is 10.9. The van der Waals surface area contributed by atoms with Crippen LogP contribution in [-0.2, 0) is 0 Å². The Morgan fingerprint density at radius 1 is 1.56 bits per heavy atom. The third kappa shape index (κ3) is 1.92. The number of fused-ring (bicyclic) bond motifs is 1. The number of benzene rings is 1. The molecule has 2 rings (SSSR count). The summed E-state index contributed by atoms with van der Waals surface area (Å²) in [7, 11) is 0. The standard InChI is InChI=1S/C10H9N3O2S/c14-13(15)10-5-7(2-1-3-16)4-9-8(10)6-11-12-9/h1-2,4-6,16H,3H2,(H,11,12). The fraction of sp³-hybridized carbons (Fsp3) is 0.100. The van der Waals surface area contributed by atoms with Gasteiger partial charge < -0.3 is 0 Å². The van der Waals surface area contributed by atoms with Gasteiger partial charge in [0.15, 0.2) is 0 Å². The van der Waals surface area contributed by atoms with Crippen LogP contribution in [0.15, 0.2) is 24.4 Å². The van der Waals surface area contributed by atoms with Gasteiger partial charge in [-0.05, 0) is 11.6 Å². The normalized spacial score (nSPS) is 11.3. The van der Waals surface area contributed by atoms with Gasteiger partial charge in [0, 0.05) is 11.8 Å². The highest BCUT2D eigenvalue weighted by Gasteiger charge is 2.13. The van der Waals surface area contributed by atoms with Crippen molar-refractivity contribution in [2.75, 3.05) is 5.75 Å². The van der Waals surface area contributed by atoms with Crippen molar-refractivity contribution < 1.29 is 4.92 Å². The zero-order chi connectivity index (χ0) is 11.5. The highest BCUT2D eigenvalue weighted by Crippen LogP contribution is 2.26. The zero-order valence-electron chi connectivity index (χ0n) is 8.25. The first-order chi connectivity index (χ1) is 7.72. The molecule has 5 nitrogen and oxygen atoms in total. The van der Waals surface area contributed by atoms with E-state index in [-0.39, 0.29) is 5.69 Å². The Kier molecular flexibility index (Phi) is 2.91. The molecule has 0 amide bonds. The molecule has 16 heavy (non-hydrogen) atoms. The largest absolute Gasteiger partial charge is 0.280 e. The lowest BCUT2D eigenvalue weighted by Crippen LogP contribution is -1.89. The molecule has 0 radical (unpaired) electrons. The van der Waals surface area contributed by atoms with Crippen LogP contribution in [-0.4, -0.2) is 20.9 Å². The number of hydrogen-bond acceptors (Lipinski definition) is 4. The number of aromatic nitrogens is 2. The molecule has 1 N–H and O–H groups in total. The van der Waals surface area contributed by atoms with Crippen molar-refractivity contribution >= 4 is 35.3 Å². The van der Waals surface area contributed by atoms with Crippen LogP contribution in [0.2, 0.25) is 0 Å². The van der Waals surface area contributed by atoms with Gasteiger partial charge in [-0.15, -0.1) is 0 Å². The minimum atomic E-state index is -0.407. The summed E-state index contributed by atoms with van der Waals surface area (Å²) in [5, 5.41) is 17.9. The van der Waals surface area contributed by atoms with E-state index in [1.54, 1.807) is 6.08 Å². The molecule has 0 atom stereocenters. The first-order valence-corrected chi connectivity index (χ1v) is 5.24. The fourth-order valence-electron chi connectivity index (χ4n) is 1.49. The second-order valence-electron chi connectivity index (χ2n) is 3.21. The molecule has 0 saturated heterocycles. The van der Waals surface area contributed by atoms with Gasteiger partial charge in [0.05, 0.1) is 22.0 Å². The fourth-order valence-corrected chi connectivity index (χ4v) is 1.60. The Labute approximate surface area is 96.7 Å². The summed E-state index contributed by atoms with van der Waals surface area (Å²) in [5.41, 5.74) is 1.48. The highest BCUT2D eigenvalue weighted by molar-refractivity contribution is 7.80. The van der Waals surface area contributed by atoms with E-state index in [0.29, 0.717) is 16.7 Å². The van der Waals surface area contributed by atoms with Crippen molar-refractivity contribution in [3.63, 3.8) is 0 Å². The van der Waals surface area contributed by atoms with Crippen LogP contribution in [0.1, 0.15) is 5.56 Å². The van der Waals surface area contributed by atoms with E-state index >= 15 is 0 Å². The molecule has 0 fully saturated rings. The molecular formula is C10H9N3O2S. The van der Waals surface area contributed by atoms with Crippen LogP contribution < -0.4 is 0 Å². The third-order valence-corrected chi connectivity index (χ3v) is 2.38. The first-order valence-electron chi connectivity index (χ1n) is 4.61. The topological polar surface area (TPSA) is 71.8 Å². The number of non-ortho nitro benzene ring substituents is 1. The number of nitro benzene ring substituents is 1. The van der Waals surface area contributed by atoms with Crippen LogP contribution in [0.5, 0.6) is 0 Å². The molecule has 0 saturated carbocycles. The molecule has 2 aromatic rings. The van der Waals surface area contributed by atoms with Gasteiger partial charge in [-0.1, -0.05) is 12.2 Å². The Hall–Kier alpha value is -1.82. The van der Waals surface area contributed by atoms with E-state index in [1.165, 1.54) is 12.3 Å². The van der Waals surface area contributed by atoms with E-state index in [9.17, 15) is 10.1 Å². The second-order valence-corrected chi connectivity index (χ2v) is 3.58. The smallest absolute Gasteiger partial charge is 0.278 e. The SMILES string of the molecule is O=[N+]([O-])c1cc(C=CCS)cc2[nH]ncc12. The van der Waals surface area contributed by atoms with Crippen molar-refractivity contribution in [1.82, 2.24) is 10.2 Å². The number of nitro groups is 1. The lowest BCUT2D eigenvalue weighted by Gasteiger charge is -1.96. The van der Waals surface area contributed by atoms with Crippen molar-refractivity contribution in [3.05, 3.63) is 40.1 Å². The van der Waals surface area contributed by atoms with Crippen molar-refractivity contribution in [1.29, 1.82) is 0 Å². The molecule has 1 aromatic heterocycles. The van der Waals surface area contributed by atoms with E-state index < -0.39 is 4.92 Å². The van der Waals surface area contributed by atoms with Gasteiger partial charge in [0.25, 0.3) is 5.69 Å². The number of nitrogens with one attached hydrogen (secondary N) is 1. The summed E-state index contributed by atoms with van der Waals surface area (Å²) in [4.78, 5) is 10.5. The monoisotopic (exact) mass is 235 g/mol. The average Bonchev–Trinajstić information content (AvgIpc) is 2.72. The lowest BCUT2D eigenvalue weighted by molar-refractivity contribution is -0.383. The Bertz CT molecular complexity index is 562. The lowest BCUT2D eigenvalue weighted by atomic mass is 10.1.